The lowest BCUT2D eigenvalue weighted by molar-refractivity contribution is 0.0697. The van der Waals surface area contributed by atoms with Crippen LogP contribution in [0.5, 0.6) is 0 Å². The van der Waals surface area contributed by atoms with Crippen LogP contribution in [0.25, 0.3) is 11.1 Å². The van der Waals surface area contributed by atoms with Gasteiger partial charge in [0, 0.05) is 4.90 Å². The number of aromatic carboxylic acids is 1. The summed E-state index contributed by atoms with van der Waals surface area (Å²) < 4.78 is 5.58. The molecule has 0 atom stereocenters. The van der Waals surface area contributed by atoms with E-state index in [0.29, 0.717) is 10.8 Å². The van der Waals surface area contributed by atoms with Crippen LogP contribution in [0.1, 0.15) is 10.4 Å². The zero-order valence-electron chi connectivity index (χ0n) is 10.0. The smallest absolute Gasteiger partial charge is 0.337 e. The zero-order valence-corrected chi connectivity index (χ0v) is 11.6. The largest absolute Gasteiger partial charge is 0.478 e. The summed E-state index contributed by atoms with van der Waals surface area (Å²) in [5.74, 6) is -1.05. The number of oxazole rings is 1. The summed E-state index contributed by atoms with van der Waals surface area (Å²) in [5.41, 5.74) is 1.57. The average molecular weight is 306 g/mol. The molecule has 3 rings (SSSR count). The fourth-order valence-electron chi connectivity index (χ4n) is 1.73. The first-order chi connectivity index (χ1) is 9.63. The Bertz CT molecular complexity index is 767. The van der Waals surface area contributed by atoms with E-state index in [1.54, 1.807) is 12.1 Å². The number of rotatable bonds is 3. The molecular formula is C14H8ClNO3S. The highest BCUT2D eigenvalue weighted by molar-refractivity contribution is 7.99. The maximum atomic E-state index is 10.9. The van der Waals surface area contributed by atoms with Crippen molar-refractivity contribution in [3.63, 3.8) is 0 Å². The molecule has 4 nitrogen and oxygen atoms in total. The van der Waals surface area contributed by atoms with Gasteiger partial charge in [-0.1, -0.05) is 23.7 Å². The first-order valence-corrected chi connectivity index (χ1v) is 6.89. The molecule has 0 saturated carbocycles. The van der Waals surface area contributed by atoms with Crippen LogP contribution in [-0.4, -0.2) is 16.1 Å². The Hall–Kier alpha value is -1.98. The van der Waals surface area contributed by atoms with Crippen LogP contribution < -0.4 is 0 Å². The molecule has 0 aliphatic heterocycles. The number of carbonyl (C=O) groups is 1. The number of carboxylic acid groups (broad SMARTS) is 1. The third-order valence-corrected chi connectivity index (χ3v) is 3.80. The summed E-state index contributed by atoms with van der Waals surface area (Å²) in [6.45, 7) is 0. The summed E-state index contributed by atoms with van der Waals surface area (Å²) in [5, 5.41) is 9.60. The van der Waals surface area contributed by atoms with Crippen molar-refractivity contribution in [1.29, 1.82) is 0 Å². The van der Waals surface area contributed by atoms with E-state index < -0.39 is 5.97 Å². The first-order valence-electron chi connectivity index (χ1n) is 5.70. The normalized spacial score (nSPS) is 10.8. The van der Waals surface area contributed by atoms with E-state index in [4.69, 9.17) is 21.1 Å². The Morgan fingerprint density at radius 3 is 2.75 bits per heavy atom. The Kier molecular flexibility index (Phi) is 3.38. The molecule has 100 valence electrons. The number of hydrogen-bond donors (Lipinski definition) is 1. The van der Waals surface area contributed by atoms with Crippen molar-refractivity contribution in [2.75, 3.05) is 0 Å². The van der Waals surface area contributed by atoms with Crippen molar-refractivity contribution in [3.05, 3.63) is 53.1 Å². The Morgan fingerprint density at radius 1 is 1.25 bits per heavy atom. The minimum absolute atomic E-state index is 0.0774. The van der Waals surface area contributed by atoms with Crippen molar-refractivity contribution >= 4 is 40.4 Å². The average Bonchev–Trinajstić information content (AvgIpc) is 2.80. The van der Waals surface area contributed by atoms with Gasteiger partial charge in [0.05, 0.1) is 10.6 Å². The molecule has 2 aromatic carbocycles. The predicted octanol–water partition coefficient (Wildman–Crippen LogP) is 4.33. The standard InChI is InChI=1S/C14H8ClNO3S/c15-10-7-8(5-6-9(10)13(17)18)20-14-16-11-3-1-2-4-12(11)19-14/h1-7H,(H,17,18). The van der Waals surface area contributed by atoms with Crippen LogP contribution in [0.4, 0.5) is 0 Å². The molecule has 0 saturated heterocycles. The van der Waals surface area contributed by atoms with Gasteiger partial charge in [0.25, 0.3) is 5.22 Å². The van der Waals surface area contributed by atoms with Gasteiger partial charge in [-0.3, -0.25) is 0 Å². The van der Waals surface area contributed by atoms with Crippen molar-refractivity contribution in [2.45, 2.75) is 10.1 Å². The number of fused-ring (bicyclic) bond motifs is 1. The van der Waals surface area contributed by atoms with Crippen molar-refractivity contribution < 1.29 is 14.3 Å². The fourth-order valence-corrected chi connectivity index (χ4v) is 2.84. The van der Waals surface area contributed by atoms with E-state index in [1.807, 2.05) is 24.3 Å². The number of aromatic nitrogens is 1. The summed E-state index contributed by atoms with van der Waals surface area (Å²) in [7, 11) is 0. The van der Waals surface area contributed by atoms with Gasteiger partial charge in [-0.15, -0.1) is 0 Å². The molecule has 0 fully saturated rings. The van der Waals surface area contributed by atoms with E-state index >= 15 is 0 Å². The second kappa shape index (κ2) is 5.19. The number of hydrogen-bond acceptors (Lipinski definition) is 4. The van der Waals surface area contributed by atoms with Gasteiger partial charge in [0.1, 0.15) is 5.52 Å². The molecule has 1 aromatic heterocycles. The molecule has 0 aliphatic carbocycles. The molecule has 0 bridgehead atoms. The minimum Gasteiger partial charge on any atom is -0.478 e. The van der Waals surface area contributed by atoms with E-state index in [2.05, 4.69) is 4.98 Å². The van der Waals surface area contributed by atoms with Crippen molar-refractivity contribution in [3.8, 4) is 0 Å². The molecule has 6 heteroatoms. The zero-order chi connectivity index (χ0) is 14.1. The maximum absolute atomic E-state index is 10.9. The highest BCUT2D eigenvalue weighted by Gasteiger charge is 2.11. The van der Waals surface area contributed by atoms with E-state index in [9.17, 15) is 4.79 Å². The third-order valence-electron chi connectivity index (χ3n) is 2.65. The topological polar surface area (TPSA) is 63.3 Å². The number of nitrogens with zero attached hydrogens (tertiary/aromatic N) is 1. The van der Waals surface area contributed by atoms with Crippen LogP contribution >= 0.6 is 23.4 Å². The van der Waals surface area contributed by atoms with Crippen LogP contribution in [0.2, 0.25) is 5.02 Å². The van der Waals surface area contributed by atoms with E-state index in [1.165, 1.54) is 17.8 Å². The molecule has 0 amide bonds. The lowest BCUT2D eigenvalue weighted by Gasteiger charge is -2.01. The van der Waals surface area contributed by atoms with Gasteiger partial charge >= 0.3 is 5.97 Å². The van der Waals surface area contributed by atoms with Crippen molar-refractivity contribution in [2.24, 2.45) is 0 Å². The molecule has 1 heterocycles. The molecule has 1 N–H and O–H groups in total. The molecule has 0 aliphatic rings. The Labute approximate surface area is 123 Å². The highest BCUT2D eigenvalue weighted by Crippen LogP contribution is 2.32. The summed E-state index contributed by atoms with van der Waals surface area (Å²) in [4.78, 5) is 16.0. The minimum atomic E-state index is -1.05. The quantitative estimate of drug-likeness (QED) is 0.780. The summed E-state index contributed by atoms with van der Waals surface area (Å²) >= 11 is 7.22. The Balaban J connectivity index is 1.90. The van der Waals surface area contributed by atoms with Crippen LogP contribution in [0.3, 0.4) is 0 Å². The fraction of sp³-hybridized carbons (Fsp3) is 0. The van der Waals surface area contributed by atoms with Crippen molar-refractivity contribution in [1.82, 2.24) is 4.98 Å². The van der Waals surface area contributed by atoms with Gasteiger partial charge < -0.3 is 9.52 Å². The van der Waals surface area contributed by atoms with Crippen LogP contribution in [0.15, 0.2) is 57.0 Å². The van der Waals surface area contributed by atoms with Crippen LogP contribution in [-0.2, 0) is 0 Å². The second-order valence-electron chi connectivity index (χ2n) is 4.00. The first kappa shape index (κ1) is 13.0. The van der Waals surface area contributed by atoms with Gasteiger partial charge in [-0.05, 0) is 42.1 Å². The monoisotopic (exact) mass is 305 g/mol. The molecular weight excluding hydrogens is 298 g/mol. The number of halogens is 1. The predicted molar refractivity (Wildman–Crippen MR) is 76.5 cm³/mol. The second-order valence-corrected chi connectivity index (χ2v) is 5.43. The van der Waals surface area contributed by atoms with Gasteiger partial charge in [-0.2, -0.15) is 0 Å². The van der Waals surface area contributed by atoms with Gasteiger partial charge in [0.15, 0.2) is 5.58 Å². The number of benzene rings is 2. The van der Waals surface area contributed by atoms with Gasteiger partial charge in [0.2, 0.25) is 0 Å². The highest BCUT2D eigenvalue weighted by atomic mass is 35.5. The van der Waals surface area contributed by atoms with E-state index in [-0.39, 0.29) is 10.6 Å². The lowest BCUT2D eigenvalue weighted by Crippen LogP contribution is -1.96. The maximum Gasteiger partial charge on any atom is 0.337 e. The van der Waals surface area contributed by atoms with E-state index in [0.717, 1.165) is 10.4 Å². The summed E-state index contributed by atoms with van der Waals surface area (Å²) in [6.07, 6.45) is 0. The lowest BCUT2D eigenvalue weighted by atomic mass is 10.2. The summed E-state index contributed by atoms with van der Waals surface area (Å²) in [6, 6.07) is 12.2. The SMILES string of the molecule is O=C(O)c1ccc(Sc2nc3ccccc3o2)cc1Cl. The number of para-hydroxylation sites is 2. The molecule has 3 aromatic rings. The van der Waals surface area contributed by atoms with Crippen LogP contribution in [0, 0.1) is 0 Å². The Morgan fingerprint density at radius 2 is 2.05 bits per heavy atom. The van der Waals surface area contributed by atoms with Gasteiger partial charge in [-0.25, -0.2) is 9.78 Å². The molecule has 0 unspecified atom stereocenters. The number of carboxylic acids is 1. The third kappa shape index (κ3) is 2.50. The molecule has 0 spiro atoms. The molecule has 20 heavy (non-hydrogen) atoms. The molecule has 0 radical (unpaired) electrons.